The van der Waals surface area contributed by atoms with Gasteiger partial charge in [-0.25, -0.2) is 0 Å². The molecule has 4 rings (SSSR count). The maximum atomic E-state index is 12.6. The van der Waals surface area contributed by atoms with Crippen molar-refractivity contribution >= 4 is 44.9 Å². The minimum absolute atomic E-state index is 0.147. The largest absolute Gasteiger partial charge is 0.457 e. The summed E-state index contributed by atoms with van der Waals surface area (Å²) < 4.78 is 11.6. The van der Waals surface area contributed by atoms with Crippen LogP contribution in [0.5, 0.6) is 11.5 Å². The van der Waals surface area contributed by atoms with Crippen LogP contribution in [0.4, 0.5) is 4.79 Å². The molecule has 0 aromatic heterocycles. The number of amides is 2. The first kappa shape index (κ1) is 16.2. The van der Waals surface area contributed by atoms with E-state index in [-0.39, 0.29) is 24.5 Å². The van der Waals surface area contributed by atoms with Gasteiger partial charge >= 0.3 is 0 Å². The van der Waals surface area contributed by atoms with Crippen LogP contribution in [0.1, 0.15) is 11.1 Å². The molecule has 1 fully saturated rings. The SMILES string of the molecule is O=C1S/C(=C\c2ccc3cc2OCO3)C(=O)N1Cc1ccc(Br)cc1. The number of nitrogens with zero attached hydrogens (tertiary/aromatic N) is 1. The maximum absolute atomic E-state index is 12.6. The van der Waals surface area contributed by atoms with E-state index in [1.807, 2.05) is 36.4 Å². The Bertz CT molecular complexity index is 894. The minimum Gasteiger partial charge on any atom is -0.457 e. The Balaban J connectivity index is 1.57. The molecule has 0 spiro atoms. The number of benzene rings is 2. The second kappa shape index (κ2) is 6.57. The van der Waals surface area contributed by atoms with Gasteiger partial charge in [-0.3, -0.25) is 14.5 Å². The Morgan fingerprint density at radius 1 is 1.12 bits per heavy atom. The number of hydrogen-bond acceptors (Lipinski definition) is 5. The zero-order valence-corrected chi connectivity index (χ0v) is 15.3. The third-order valence-corrected chi connectivity index (χ3v) is 5.28. The Hall–Kier alpha value is -2.25. The van der Waals surface area contributed by atoms with Gasteiger partial charge in [0.2, 0.25) is 6.79 Å². The van der Waals surface area contributed by atoms with Crippen LogP contribution in [0.2, 0.25) is 0 Å². The zero-order chi connectivity index (χ0) is 17.4. The molecular formula is C18H12BrNO4S. The summed E-state index contributed by atoms with van der Waals surface area (Å²) in [5.74, 6) is 1.08. The number of rotatable bonds is 3. The van der Waals surface area contributed by atoms with Gasteiger partial charge in [0.1, 0.15) is 11.5 Å². The molecule has 2 bridgehead atoms. The van der Waals surface area contributed by atoms with Crippen LogP contribution in [-0.4, -0.2) is 22.8 Å². The third kappa shape index (κ3) is 3.29. The van der Waals surface area contributed by atoms with Gasteiger partial charge in [0.05, 0.1) is 11.4 Å². The van der Waals surface area contributed by atoms with Gasteiger partial charge in [0, 0.05) is 16.1 Å². The molecule has 2 amide bonds. The first-order chi connectivity index (χ1) is 12.1. The van der Waals surface area contributed by atoms with Crippen LogP contribution in [-0.2, 0) is 11.3 Å². The van der Waals surface area contributed by atoms with E-state index in [0.29, 0.717) is 10.7 Å². The predicted octanol–water partition coefficient (Wildman–Crippen LogP) is 4.41. The molecule has 0 saturated carbocycles. The predicted molar refractivity (Wildman–Crippen MR) is 98.2 cm³/mol. The molecule has 25 heavy (non-hydrogen) atoms. The first-order valence-corrected chi connectivity index (χ1v) is 9.10. The van der Waals surface area contributed by atoms with Crippen molar-refractivity contribution < 1.29 is 19.1 Å². The third-order valence-electron chi connectivity index (χ3n) is 3.84. The van der Waals surface area contributed by atoms with E-state index >= 15 is 0 Å². The molecule has 2 heterocycles. The number of carbonyl (C=O) groups is 2. The standard InChI is InChI=1S/C18H12BrNO4S/c19-13-4-1-11(2-5-13)9-20-17(21)16(25-18(20)22)7-12-3-6-14-8-15(12)24-10-23-14/h1-8H,9-10H2/b16-7-. The summed E-state index contributed by atoms with van der Waals surface area (Å²) in [6.45, 7) is 0.402. The smallest absolute Gasteiger partial charge is 0.293 e. The van der Waals surface area contributed by atoms with Gasteiger partial charge in [0.15, 0.2) is 0 Å². The number of imide groups is 1. The summed E-state index contributed by atoms with van der Waals surface area (Å²) >= 11 is 4.31. The van der Waals surface area contributed by atoms with E-state index in [1.54, 1.807) is 12.1 Å². The van der Waals surface area contributed by atoms with Gasteiger partial charge in [-0.05, 0) is 47.7 Å². The van der Waals surface area contributed by atoms with Crippen molar-refractivity contribution in [2.45, 2.75) is 6.54 Å². The van der Waals surface area contributed by atoms with Crippen LogP contribution >= 0.6 is 27.7 Å². The van der Waals surface area contributed by atoms with Gasteiger partial charge in [-0.15, -0.1) is 0 Å². The average molecular weight is 418 g/mol. The van der Waals surface area contributed by atoms with Crippen LogP contribution in [0.3, 0.4) is 0 Å². The van der Waals surface area contributed by atoms with Crippen molar-refractivity contribution in [1.82, 2.24) is 4.90 Å². The van der Waals surface area contributed by atoms with Crippen LogP contribution in [0, 0.1) is 0 Å². The second-order valence-electron chi connectivity index (χ2n) is 5.50. The lowest BCUT2D eigenvalue weighted by molar-refractivity contribution is -0.123. The Morgan fingerprint density at radius 2 is 1.92 bits per heavy atom. The molecule has 2 aromatic rings. The van der Waals surface area contributed by atoms with E-state index in [0.717, 1.165) is 33.1 Å². The van der Waals surface area contributed by atoms with Gasteiger partial charge in [-0.2, -0.15) is 0 Å². The molecule has 0 atom stereocenters. The summed E-state index contributed by atoms with van der Waals surface area (Å²) in [4.78, 5) is 26.5. The molecule has 0 radical (unpaired) electrons. The summed E-state index contributed by atoms with van der Waals surface area (Å²) in [5.41, 5.74) is 1.65. The highest BCUT2D eigenvalue weighted by Crippen LogP contribution is 2.36. The highest BCUT2D eigenvalue weighted by atomic mass is 79.9. The Kier molecular flexibility index (Phi) is 4.27. The molecule has 7 heteroatoms. The highest BCUT2D eigenvalue weighted by Gasteiger charge is 2.35. The van der Waals surface area contributed by atoms with E-state index < -0.39 is 0 Å². The Labute approximate surface area is 156 Å². The molecule has 2 aliphatic heterocycles. The highest BCUT2D eigenvalue weighted by molar-refractivity contribution is 9.10. The van der Waals surface area contributed by atoms with Crippen LogP contribution in [0.25, 0.3) is 6.08 Å². The fourth-order valence-electron chi connectivity index (χ4n) is 2.56. The van der Waals surface area contributed by atoms with Crippen molar-refractivity contribution in [2.75, 3.05) is 6.79 Å². The molecule has 0 N–H and O–H groups in total. The lowest BCUT2D eigenvalue weighted by Gasteiger charge is -2.17. The molecule has 126 valence electrons. The first-order valence-electron chi connectivity index (χ1n) is 7.49. The molecule has 2 aromatic carbocycles. The van der Waals surface area contributed by atoms with Gasteiger partial charge in [0.25, 0.3) is 11.1 Å². The zero-order valence-electron chi connectivity index (χ0n) is 12.9. The summed E-state index contributed by atoms with van der Waals surface area (Å²) in [6.07, 6.45) is 1.69. The van der Waals surface area contributed by atoms with Crippen molar-refractivity contribution in [1.29, 1.82) is 0 Å². The average Bonchev–Trinajstić information content (AvgIpc) is 2.87. The Morgan fingerprint density at radius 3 is 2.72 bits per heavy atom. The van der Waals surface area contributed by atoms with Crippen LogP contribution in [0.15, 0.2) is 51.8 Å². The second-order valence-corrected chi connectivity index (χ2v) is 7.41. The fourth-order valence-corrected chi connectivity index (χ4v) is 3.65. The molecule has 2 aliphatic rings. The van der Waals surface area contributed by atoms with Crippen molar-refractivity contribution in [3.8, 4) is 11.5 Å². The summed E-state index contributed by atoms with van der Waals surface area (Å²) in [6, 6.07) is 12.9. The summed E-state index contributed by atoms with van der Waals surface area (Å²) in [5, 5.41) is -0.270. The number of carbonyl (C=O) groups excluding carboxylic acids is 2. The maximum Gasteiger partial charge on any atom is 0.293 e. The number of thioether (sulfide) groups is 1. The van der Waals surface area contributed by atoms with Crippen molar-refractivity contribution in [3.63, 3.8) is 0 Å². The van der Waals surface area contributed by atoms with Crippen LogP contribution < -0.4 is 9.47 Å². The van der Waals surface area contributed by atoms with E-state index in [4.69, 9.17) is 9.47 Å². The number of halogens is 1. The fraction of sp³-hybridized carbons (Fsp3) is 0.111. The lowest BCUT2D eigenvalue weighted by Crippen LogP contribution is -2.27. The summed E-state index contributed by atoms with van der Waals surface area (Å²) in [7, 11) is 0. The van der Waals surface area contributed by atoms with E-state index in [1.165, 1.54) is 4.90 Å². The number of fused-ring (bicyclic) bond motifs is 2. The lowest BCUT2D eigenvalue weighted by atomic mass is 10.1. The topological polar surface area (TPSA) is 55.8 Å². The molecular weight excluding hydrogens is 406 g/mol. The number of ether oxygens (including phenoxy) is 2. The van der Waals surface area contributed by atoms with E-state index in [2.05, 4.69) is 15.9 Å². The quantitative estimate of drug-likeness (QED) is 0.692. The minimum atomic E-state index is -0.291. The number of hydrogen-bond donors (Lipinski definition) is 0. The van der Waals surface area contributed by atoms with Crippen molar-refractivity contribution in [3.05, 3.63) is 63.0 Å². The molecule has 1 saturated heterocycles. The normalized spacial score (nSPS) is 17.6. The molecule has 0 unspecified atom stereocenters. The van der Waals surface area contributed by atoms with Gasteiger partial charge in [-0.1, -0.05) is 28.1 Å². The molecule has 5 nitrogen and oxygen atoms in total. The molecule has 0 aliphatic carbocycles. The van der Waals surface area contributed by atoms with Gasteiger partial charge < -0.3 is 9.47 Å². The monoisotopic (exact) mass is 417 g/mol. The van der Waals surface area contributed by atoms with E-state index in [9.17, 15) is 9.59 Å². The van der Waals surface area contributed by atoms with Crippen molar-refractivity contribution in [2.24, 2.45) is 0 Å².